The first-order valence-corrected chi connectivity index (χ1v) is 8.09. The summed E-state index contributed by atoms with van der Waals surface area (Å²) >= 11 is 0. The maximum absolute atomic E-state index is 12.1. The predicted octanol–water partition coefficient (Wildman–Crippen LogP) is 2.14. The van der Waals surface area contributed by atoms with Crippen molar-refractivity contribution in [3.05, 3.63) is 59.7 Å². The van der Waals surface area contributed by atoms with Gasteiger partial charge >= 0.3 is 6.61 Å². The van der Waals surface area contributed by atoms with Gasteiger partial charge in [-0.3, -0.25) is 9.59 Å². The fraction of sp³-hybridized carbons (Fsp3) is 0.263. The van der Waals surface area contributed by atoms with E-state index in [1.54, 1.807) is 36.4 Å². The Morgan fingerprint density at radius 1 is 1.08 bits per heavy atom. The van der Waals surface area contributed by atoms with Gasteiger partial charge in [0.1, 0.15) is 12.3 Å². The largest absolute Gasteiger partial charge is 0.435 e. The maximum Gasteiger partial charge on any atom is 0.387 e. The van der Waals surface area contributed by atoms with E-state index in [1.807, 2.05) is 7.05 Å². The van der Waals surface area contributed by atoms with E-state index in [0.717, 1.165) is 10.5 Å². The Hall–Kier alpha value is -2.80. The van der Waals surface area contributed by atoms with Crippen LogP contribution >= 0.6 is 0 Å². The quantitative estimate of drug-likeness (QED) is 0.707. The van der Waals surface area contributed by atoms with Crippen LogP contribution < -0.4 is 15.0 Å². The van der Waals surface area contributed by atoms with Crippen molar-refractivity contribution in [2.75, 3.05) is 18.9 Å². The number of Topliss-reactive ketones (excluding diaryl/α,β-unsaturated/α-hetero) is 1. The number of hydrogen-bond donors (Lipinski definition) is 2. The number of carbonyl (C=O) groups is 2. The lowest BCUT2D eigenvalue weighted by atomic mass is 10.1. The van der Waals surface area contributed by atoms with Gasteiger partial charge in [-0.1, -0.05) is 0 Å². The van der Waals surface area contributed by atoms with Crippen LogP contribution in [0.3, 0.4) is 0 Å². The molecule has 0 aliphatic rings. The fourth-order valence-electron chi connectivity index (χ4n) is 2.47. The molecule has 2 rings (SSSR count). The molecule has 0 spiro atoms. The number of likely N-dealkylation sites (N-methyl/N-ethyl adjacent to an activating group) is 1. The van der Waals surface area contributed by atoms with E-state index in [1.165, 1.54) is 19.1 Å². The van der Waals surface area contributed by atoms with Crippen LogP contribution in [0.4, 0.5) is 14.5 Å². The Kier molecular flexibility index (Phi) is 6.80. The molecule has 0 fully saturated rings. The van der Waals surface area contributed by atoms with E-state index in [0.29, 0.717) is 17.8 Å². The number of amides is 1. The van der Waals surface area contributed by atoms with Gasteiger partial charge in [-0.25, -0.2) is 0 Å². The van der Waals surface area contributed by atoms with E-state index >= 15 is 0 Å². The van der Waals surface area contributed by atoms with Crippen LogP contribution in [0.1, 0.15) is 22.8 Å². The summed E-state index contributed by atoms with van der Waals surface area (Å²) < 4.78 is 28.6. The average molecular weight is 363 g/mol. The van der Waals surface area contributed by atoms with Crippen molar-refractivity contribution >= 4 is 17.4 Å². The van der Waals surface area contributed by atoms with Crippen molar-refractivity contribution in [3.63, 3.8) is 0 Å². The summed E-state index contributed by atoms with van der Waals surface area (Å²) in [5.41, 5.74) is 2.12. The van der Waals surface area contributed by atoms with Gasteiger partial charge in [-0.2, -0.15) is 8.78 Å². The van der Waals surface area contributed by atoms with Crippen LogP contribution in [0.15, 0.2) is 48.5 Å². The monoisotopic (exact) mass is 363 g/mol. The fourth-order valence-corrected chi connectivity index (χ4v) is 2.47. The first kappa shape index (κ1) is 19.5. The van der Waals surface area contributed by atoms with Gasteiger partial charge in [-0.05, 0) is 55.5 Å². The SMILES string of the molecule is CC(=O)c1ccc(NC(=O)C[NH+](C)Cc2ccc(OC(F)F)cc2)cc1. The highest BCUT2D eigenvalue weighted by Gasteiger charge is 2.12. The third kappa shape index (κ3) is 6.25. The van der Waals surface area contributed by atoms with Crippen LogP contribution in [0.5, 0.6) is 5.75 Å². The van der Waals surface area contributed by atoms with Gasteiger partial charge in [0.2, 0.25) is 0 Å². The minimum atomic E-state index is -2.85. The van der Waals surface area contributed by atoms with Gasteiger partial charge < -0.3 is 15.0 Å². The van der Waals surface area contributed by atoms with Crippen LogP contribution in [-0.2, 0) is 11.3 Å². The summed E-state index contributed by atoms with van der Waals surface area (Å²) in [6.45, 7) is -0.560. The number of benzene rings is 2. The molecular formula is C19H21F2N2O3+. The Balaban J connectivity index is 1.83. The average Bonchev–Trinajstić information content (AvgIpc) is 2.56. The van der Waals surface area contributed by atoms with E-state index in [4.69, 9.17) is 0 Å². The number of ether oxygens (including phenoxy) is 1. The lowest BCUT2D eigenvalue weighted by Crippen LogP contribution is -3.08. The third-order valence-corrected chi connectivity index (χ3v) is 3.69. The summed E-state index contributed by atoms with van der Waals surface area (Å²) in [7, 11) is 1.86. The molecule has 1 amide bonds. The van der Waals surface area contributed by atoms with Crippen molar-refractivity contribution in [3.8, 4) is 5.75 Å². The molecule has 0 radical (unpaired) electrons. The third-order valence-electron chi connectivity index (χ3n) is 3.69. The molecule has 0 aromatic heterocycles. The van der Waals surface area contributed by atoms with Crippen molar-refractivity contribution in [1.29, 1.82) is 0 Å². The van der Waals surface area contributed by atoms with Gasteiger partial charge in [0.15, 0.2) is 12.3 Å². The van der Waals surface area contributed by atoms with Crippen LogP contribution in [0, 0.1) is 0 Å². The zero-order valence-electron chi connectivity index (χ0n) is 14.6. The Morgan fingerprint density at radius 3 is 2.23 bits per heavy atom. The first-order chi connectivity index (χ1) is 12.3. The number of halogens is 2. The Labute approximate surface area is 150 Å². The highest BCUT2D eigenvalue weighted by atomic mass is 19.3. The topological polar surface area (TPSA) is 59.8 Å². The standard InChI is InChI=1S/C19H20F2N2O3/c1-13(24)15-5-7-16(8-6-15)22-18(25)12-23(2)11-14-3-9-17(10-4-14)26-19(20)21/h3-10,19H,11-12H2,1-2H3,(H,22,25)/p+1. The number of ketones is 1. The molecule has 0 heterocycles. The number of quaternary nitrogens is 1. The predicted molar refractivity (Wildman–Crippen MR) is 93.6 cm³/mol. The molecule has 7 heteroatoms. The first-order valence-electron chi connectivity index (χ1n) is 8.09. The van der Waals surface area contributed by atoms with Crippen molar-refractivity contribution in [1.82, 2.24) is 0 Å². The summed E-state index contributed by atoms with van der Waals surface area (Å²) in [5.74, 6) is -0.0825. The second kappa shape index (κ2) is 9.05. The number of nitrogens with one attached hydrogen (secondary N) is 2. The zero-order valence-corrected chi connectivity index (χ0v) is 14.6. The molecule has 5 nitrogen and oxygen atoms in total. The van der Waals surface area contributed by atoms with Crippen LogP contribution in [-0.4, -0.2) is 31.9 Å². The van der Waals surface area contributed by atoms with Crippen molar-refractivity contribution in [2.45, 2.75) is 20.1 Å². The smallest absolute Gasteiger partial charge is 0.387 e. The number of hydrogen-bond acceptors (Lipinski definition) is 3. The highest BCUT2D eigenvalue weighted by Crippen LogP contribution is 2.14. The van der Waals surface area contributed by atoms with Gasteiger partial charge in [0.05, 0.1) is 7.05 Å². The molecule has 0 saturated heterocycles. The second-order valence-electron chi connectivity index (χ2n) is 6.01. The number of anilines is 1. The molecule has 1 atom stereocenters. The molecule has 0 aliphatic heterocycles. The van der Waals surface area contributed by atoms with Crippen molar-refractivity contribution in [2.24, 2.45) is 0 Å². The second-order valence-corrected chi connectivity index (χ2v) is 6.01. The Morgan fingerprint density at radius 2 is 1.69 bits per heavy atom. The lowest BCUT2D eigenvalue weighted by molar-refractivity contribution is -0.885. The molecule has 2 aromatic carbocycles. The summed E-state index contributed by atoms with van der Waals surface area (Å²) in [4.78, 5) is 24.3. The zero-order chi connectivity index (χ0) is 19.1. The molecular weight excluding hydrogens is 342 g/mol. The maximum atomic E-state index is 12.1. The summed E-state index contributed by atoms with van der Waals surface area (Å²) in [5, 5.41) is 2.78. The molecule has 2 N–H and O–H groups in total. The molecule has 2 aromatic rings. The lowest BCUT2D eigenvalue weighted by Gasteiger charge is -2.14. The summed E-state index contributed by atoms with van der Waals surface area (Å²) in [6, 6.07) is 13.0. The molecule has 1 unspecified atom stereocenters. The van der Waals surface area contributed by atoms with Gasteiger partial charge in [0, 0.05) is 16.8 Å². The summed E-state index contributed by atoms with van der Waals surface area (Å²) in [6.07, 6.45) is 0. The molecule has 26 heavy (non-hydrogen) atoms. The number of carbonyl (C=O) groups excluding carboxylic acids is 2. The molecule has 0 aliphatic carbocycles. The van der Waals surface area contributed by atoms with E-state index < -0.39 is 6.61 Å². The number of alkyl halides is 2. The highest BCUT2D eigenvalue weighted by molar-refractivity contribution is 5.95. The minimum Gasteiger partial charge on any atom is -0.435 e. The molecule has 0 bridgehead atoms. The van der Waals surface area contributed by atoms with Crippen LogP contribution in [0.25, 0.3) is 0 Å². The normalized spacial score (nSPS) is 11.9. The molecule has 138 valence electrons. The Bertz CT molecular complexity index is 746. The number of rotatable bonds is 8. The van der Waals surface area contributed by atoms with E-state index in [9.17, 15) is 18.4 Å². The van der Waals surface area contributed by atoms with Gasteiger partial charge in [0.25, 0.3) is 5.91 Å². The van der Waals surface area contributed by atoms with E-state index in [2.05, 4.69) is 10.1 Å². The van der Waals surface area contributed by atoms with Gasteiger partial charge in [-0.15, -0.1) is 0 Å². The minimum absolute atomic E-state index is 0.0305. The van der Waals surface area contributed by atoms with Crippen LogP contribution in [0.2, 0.25) is 0 Å². The van der Waals surface area contributed by atoms with Crippen molar-refractivity contribution < 1.29 is 28.0 Å². The van der Waals surface area contributed by atoms with E-state index in [-0.39, 0.29) is 24.0 Å². The molecule has 0 saturated carbocycles.